The van der Waals surface area contributed by atoms with E-state index in [0.29, 0.717) is 58.1 Å². The number of rotatable bonds is 3. The van der Waals surface area contributed by atoms with Crippen molar-refractivity contribution in [2.24, 2.45) is 0 Å². The number of morpholine rings is 1. The topological polar surface area (TPSA) is 84.0 Å². The van der Waals surface area contributed by atoms with E-state index in [0.717, 1.165) is 0 Å². The van der Waals surface area contributed by atoms with Gasteiger partial charge < -0.3 is 19.7 Å². The number of amides is 2. The van der Waals surface area contributed by atoms with Crippen LogP contribution >= 0.6 is 0 Å². The molecule has 25 heavy (non-hydrogen) atoms. The van der Waals surface area contributed by atoms with Gasteiger partial charge in [0.15, 0.2) is 0 Å². The van der Waals surface area contributed by atoms with Gasteiger partial charge in [-0.3, -0.25) is 19.5 Å². The average Bonchev–Trinajstić information content (AvgIpc) is 2.83. The third-order valence-corrected chi connectivity index (χ3v) is 4.52. The van der Waals surface area contributed by atoms with Gasteiger partial charge in [-0.1, -0.05) is 0 Å². The predicted octanol–water partition coefficient (Wildman–Crippen LogP) is -0.629. The highest BCUT2D eigenvalue weighted by molar-refractivity contribution is 5.94. The van der Waals surface area contributed by atoms with Crippen LogP contribution in [0.2, 0.25) is 0 Å². The summed E-state index contributed by atoms with van der Waals surface area (Å²) < 4.78 is 11.8. The standard InChI is InChI=1S/C17H24N4O4/c1-18-15(22)10-20-5-7-24-13-17(11-20)12-21(6-8-25-17)16(23)14-3-2-4-19-9-14/h2-4,9H,5-8,10-13H2,1H3,(H,18,22)/t17-/m1/s1. The first-order valence-corrected chi connectivity index (χ1v) is 8.46. The van der Waals surface area contributed by atoms with E-state index >= 15 is 0 Å². The molecular formula is C17H24N4O4. The molecule has 0 radical (unpaired) electrons. The van der Waals surface area contributed by atoms with Gasteiger partial charge in [-0.15, -0.1) is 0 Å². The van der Waals surface area contributed by atoms with Crippen molar-refractivity contribution in [3.05, 3.63) is 30.1 Å². The second-order valence-electron chi connectivity index (χ2n) is 6.44. The summed E-state index contributed by atoms with van der Waals surface area (Å²) in [5.74, 6) is -0.103. The van der Waals surface area contributed by atoms with Gasteiger partial charge in [0.2, 0.25) is 5.91 Å². The van der Waals surface area contributed by atoms with Crippen molar-refractivity contribution in [3.8, 4) is 0 Å². The number of carbonyl (C=O) groups is 2. The van der Waals surface area contributed by atoms with Crippen LogP contribution in [0.15, 0.2) is 24.5 Å². The Kier molecular flexibility index (Phi) is 5.62. The van der Waals surface area contributed by atoms with Gasteiger partial charge in [0.25, 0.3) is 5.91 Å². The number of aromatic nitrogens is 1. The zero-order chi connectivity index (χ0) is 17.7. The summed E-state index contributed by atoms with van der Waals surface area (Å²) in [7, 11) is 1.62. The third-order valence-electron chi connectivity index (χ3n) is 4.52. The largest absolute Gasteiger partial charge is 0.377 e. The molecule has 0 aromatic carbocycles. The summed E-state index contributed by atoms with van der Waals surface area (Å²) in [5.41, 5.74) is -0.0445. The Morgan fingerprint density at radius 2 is 2.20 bits per heavy atom. The Bertz CT molecular complexity index is 612. The number of ether oxygens (including phenoxy) is 2. The third kappa shape index (κ3) is 4.33. The molecule has 8 nitrogen and oxygen atoms in total. The molecule has 0 aliphatic carbocycles. The van der Waals surface area contributed by atoms with E-state index in [1.165, 1.54) is 0 Å². The molecule has 2 fully saturated rings. The first-order chi connectivity index (χ1) is 12.1. The van der Waals surface area contributed by atoms with Crippen molar-refractivity contribution in [3.63, 3.8) is 0 Å². The molecule has 0 unspecified atom stereocenters. The van der Waals surface area contributed by atoms with Crippen molar-refractivity contribution >= 4 is 11.8 Å². The Balaban J connectivity index is 1.71. The fourth-order valence-corrected chi connectivity index (χ4v) is 3.27. The minimum atomic E-state index is -0.610. The van der Waals surface area contributed by atoms with Gasteiger partial charge in [0.1, 0.15) is 5.60 Å². The average molecular weight is 348 g/mol. The molecule has 136 valence electrons. The van der Waals surface area contributed by atoms with E-state index in [4.69, 9.17) is 9.47 Å². The van der Waals surface area contributed by atoms with Crippen LogP contribution in [0.25, 0.3) is 0 Å². The summed E-state index contributed by atoms with van der Waals surface area (Å²) in [6.07, 6.45) is 3.22. The van der Waals surface area contributed by atoms with E-state index < -0.39 is 5.60 Å². The summed E-state index contributed by atoms with van der Waals surface area (Å²) in [4.78, 5) is 32.3. The molecule has 2 amide bonds. The van der Waals surface area contributed by atoms with Crippen molar-refractivity contribution in [1.82, 2.24) is 20.1 Å². The van der Waals surface area contributed by atoms with Gasteiger partial charge in [0.05, 0.1) is 38.5 Å². The number of nitrogens with zero attached hydrogens (tertiary/aromatic N) is 3. The van der Waals surface area contributed by atoms with Gasteiger partial charge in [-0.25, -0.2) is 0 Å². The lowest BCUT2D eigenvalue weighted by Crippen LogP contribution is -2.60. The number of hydrogen-bond donors (Lipinski definition) is 1. The molecule has 1 spiro atoms. The lowest BCUT2D eigenvalue weighted by Gasteiger charge is -2.43. The molecule has 3 heterocycles. The van der Waals surface area contributed by atoms with Gasteiger partial charge >= 0.3 is 0 Å². The molecule has 1 aromatic heterocycles. The van der Waals surface area contributed by atoms with E-state index in [9.17, 15) is 9.59 Å². The van der Waals surface area contributed by atoms with E-state index in [1.807, 2.05) is 4.90 Å². The molecule has 1 N–H and O–H groups in total. The molecule has 0 bridgehead atoms. The minimum Gasteiger partial charge on any atom is -0.377 e. The lowest BCUT2D eigenvalue weighted by atomic mass is 10.0. The fourth-order valence-electron chi connectivity index (χ4n) is 3.27. The molecule has 2 aliphatic heterocycles. The maximum absolute atomic E-state index is 12.7. The predicted molar refractivity (Wildman–Crippen MR) is 90.1 cm³/mol. The second kappa shape index (κ2) is 7.90. The molecule has 2 saturated heterocycles. The highest BCUT2D eigenvalue weighted by Gasteiger charge is 2.42. The van der Waals surface area contributed by atoms with Gasteiger partial charge in [-0.2, -0.15) is 0 Å². The molecule has 8 heteroatoms. The normalized spacial score (nSPS) is 24.8. The summed E-state index contributed by atoms with van der Waals surface area (Å²) in [5, 5.41) is 2.64. The fraction of sp³-hybridized carbons (Fsp3) is 0.588. The molecular weight excluding hydrogens is 324 g/mol. The summed E-state index contributed by atoms with van der Waals surface area (Å²) in [6.45, 7) is 3.87. The maximum Gasteiger partial charge on any atom is 0.255 e. The van der Waals surface area contributed by atoms with Crippen LogP contribution in [0.3, 0.4) is 0 Å². The SMILES string of the molecule is CNC(=O)CN1CCOC[C@@]2(C1)CN(C(=O)c1cccnc1)CCO2. The second-order valence-corrected chi connectivity index (χ2v) is 6.44. The number of pyridine rings is 1. The molecule has 2 aliphatic rings. The van der Waals surface area contributed by atoms with Crippen LogP contribution in [-0.2, 0) is 14.3 Å². The van der Waals surface area contributed by atoms with E-state index in [1.54, 1.807) is 36.5 Å². The van der Waals surface area contributed by atoms with Gasteiger partial charge in [-0.05, 0) is 12.1 Å². The van der Waals surface area contributed by atoms with Gasteiger partial charge in [0, 0.05) is 39.1 Å². The summed E-state index contributed by atoms with van der Waals surface area (Å²) in [6, 6.07) is 3.52. The van der Waals surface area contributed by atoms with Crippen molar-refractivity contribution in [2.75, 3.05) is 59.6 Å². The molecule has 1 atom stereocenters. The first kappa shape index (κ1) is 17.8. The quantitative estimate of drug-likeness (QED) is 0.783. The van der Waals surface area contributed by atoms with Crippen molar-refractivity contribution < 1.29 is 19.1 Å². The maximum atomic E-state index is 12.7. The molecule has 3 rings (SSSR count). The monoisotopic (exact) mass is 348 g/mol. The Labute approximate surface area is 147 Å². The number of likely N-dealkylation sites (N-methyl/N-ethyl adjacent to an activating group) is 1. The zero-order valence-electron chi connectivity index (χ0n) is 14.4. The first-order valence-electron chi connectivity index (χ1n) is 8.46. The highest BCUT2D eigenvalue weighted by atomic mass is 16.5. The van der Waals surface area contributed by atoms with Crippen LogP contribution in [0, 0.1) is 0 Å². The van der Waals surface area contributed by atoms with Crippen LogP contribution < -0.4 is 5.32 Å². The Morgan fingerprint density at radius 3 is 2.96 bits per heavy atom. The van der Waals surface area contributed by atoms with Crippen molar-refractivity contribution in [1.29, 1.82) is 0 Å². The smallest absolute Gasteiger partial charge is 0.255 e. The van der Waals surface area contributed by atoms with E-state index in [2.05, 4.69) is 10.3 Å². The van der Waals surface area contributed by atoms with Crippen LogP contribution in [0.4, 0.5) is 0 Å². The molecule has 0 saturated carbocycles. The minimum absolute atomic E-state index is 0.0452. The number of hydrogen-bond acceptors (Lipinski definition) is 6. The summed E-state index contributed by atoms with van der Waals surface area (Å²) >= 11 is 0. The van der Waals surface area contributed by atoms with Crippen molar-refractivity contribution in [2.45, 2.75) is 5.60 Å². The lowest BCUT2D eigenvalue weighted by molar-refractivity contribution is -0.136. The Hall–Kier alpha value is -2.03. The van der Waals surface area contributed by atoms with E-state index in [-0.39, 0.29) is 11.8 Å². The Morgan fingerprint density at radius 1 is 1.32 bits per heavy atom. The van der Waals surface area contributed by atoms with Crippen LogP contribution in [-0.4, -0.2) is 91.8 Å². The van der Waals surface area contributed by atoms with Crippen LogP contribution in [0.1, 0.15) is 10.4 Å². The number of nitrogens with one attached hydrogen (secondary N) is 1. The van der Waals surface area contributed by atoms with Crippen LogP contribution in [0.5, 0.6) is 0 Å². The zero-order valence-corrected chi connectivity index (χ0v) is 14.4. The molecule has 1 aromatic rings. The number of carbonyl (C=O) groups excluding carboxylic acids is 2. The highest BCUT2D eigenvalue weighted by Crippen LogP contribution is 2.23.